The van der Waals surface area contributed by atoms with E-state index >= 15 is 0 Å². The van der Waals surface area contributed by atoms with E-state index in [1.165, 1.54) is 0 Å². The first kappa shape index (κ1) is 14.9. The zero-order chi connectivity index (χ0) is 17.5. The molecular formula is C18H17N7O. The lowest BCUT2D eigenvalue weighted by molar-refractivity contribution is 0.636. The van der Waals surface area contributed by atoms with Crippen molar-refractivity contribution in [2.75, 3.05) is 36.0 Å². The first-order chi connectivity index (χ1) is 12.8. The van der Waals surface area contributed by atoms with Crippen molar-refractivity contribution in [3.63, 3.8) is 0 Å². The Morgan fingerprint density at radius 1 is 0.846 bits per heavy atom. The second kappa shape index (κ2) is 5.83. The van der Waals surface area contributed by atoms with Crippen molar-refractivity contribution in [3.05, 3.63) is 65.3 Å². The van der Waals surface area contributed by atoms with E-state index in [4.69, 9.17) is 0 Å². The van der Waals surface area contributed by atoms with Gasteiger partial charge >= 0.3 is 0 Å². The van der Waals surface area contributed by atoms with E-state index in [2.05, 4.69) is 24.9 Å². The van der Waals surface area contributed by atoms with Gasteiger partial charge < -0.3 is 9.80 Å². The Balaban J connectivity index is 1.37. The van der Waals surface area contributed by atoms with Crippen LogP contribution in [-0.2, 0) is 0 Å². The minimum absolute atomic E-state index is 0.0553. The van der Waals surface area contributed by atoms with Crippen LogP contribution in [0.1, 0.15) is 0 Å². The van der Waals surface area contributed by atoms with Crippen LogP contribution in [-0.4, -0.2) is 50.2 Å². The van der Waals surface area contributed by atoms with Crippen LogP contribution in [0.4, 0.5) is 11.6 Å². The molecule has 0 unspecified atom stereocenters. The predicted molar refractivity (Wildman–Crippen MR) is 98.9 cm³/mol. The molecule has 5 rings (SSSR count). The lowest BCUT2D eigenvalue weighted by Gasteiger charge is -2.35. The maximum absolute atomic E-state index is 12.3. The van der Waals surface area contributed by atoms with E-state index in [1.807, 2.05) is 36.5 Å². The van der Waals surface area contributed by atoms with Crippen LogP contribution in [0.2, 0.25) is 0 Å². The quantitative estimate of drug-likeness (QED) is 0.540. The van der Waals surface area contributed by atoms with Crippen molar-refractivity contribution >= 4 is 22.9 Å². The van der Waals surface area contributed by atoms with Gasteiger partial charge in [-0.05, 0) is 24.3 Å². The zero-order valence-electron chi connectivity index (χ0n) is 14.1. The average molecular weight is 347 g/mol. The Kier molecular flexibility index (Phi) is 3.34. The molecule has 130 valence electrons. The summed E-state index contributed by atoms with van der Waals surface area (Å²) in [5, 5.41) is 4.60. The normalized spacial score (nSPS) is 15.1. The van der Waals surface area contributed by atoms with E-state index < -0.39 is 0 Å². The summed E-state index contributed by atoms with van der Waals surface area (Å²) in [5.41, 5.74) is 1.46. The van der Waals surface area contributed by atoms with Gasteiger partial charge in [0.1, 0.15) is 17.3 Å². The Labute approximate surface area is 148 Å². The van der Waals surface area contributed by atoms with Gasteiger partial charge in [0.05, 0.1) is 0 Å². The van der Waals surface area contributed by atoms with Crippen LogP contribution in [0.3, 0.4) is 0 Å². The average Bonchev–Trinajstić information content (AvgIpc) is 3.16. The maximum Gasteiger partial charge on any atom is 0.259 e. The van der Waals surface area contributed by atoms with Gasteiger partial charge in [-0.1, -0.05) is 6.07 Å². The highest BCUT2D eigenvalue weighted by atomic mass is 16.1. The zero-order valence-corrected chi connectivity index (χ0v) is 14.1. The van der Waals surface area contributed by atoms with Gasteiger partial charge in [-0.3, -0.25) is 9.20 Å². The Hall–Kier alpha value is -3.42. The van der Waals surface area contributed by atoms with Crippen LogP contribution in [0.25, 0.3) is 11.3 Å². The lowest BCUT2D eigenvalue weighted by Crippen LogP contribution is -2.47. The molecule has 1 saturated heterocycles. The minimum atomic E-state index is -0.0553. The van der Waals surface area contributed by atoms with Crippen molar-refractivity contribution in [2.24, 2.45) is 0 Å². The molecule has 1 aliphatic rings. The Morgan fingerprint density at radius 3 is 2.50 bits per heavy atom. The summed E-state index contributed by atoms with van der Waals surface area (Å²) in [6, 6.07) is 11.2. The molecule has 26 heavy (non-hydrogen) atoms. The summed E-state index contributed by atoms with van der Waals surface area (Å²) in [7, 11) is 0. The molecule has 0 aromatic carbocycles. The van der Waals surface area contributed by atoms with Crippen molar-refractivity contribution < 1.29 is 0 Å². The fraction of sp³-hybridized carbons (Fsp3) is 0.222. The van der Waals surface area contributed by atoms with E-state index in [0.717, 1.165) is 43.5 Å². The van der Waals surface area contributed by atoms with Crippen molar-refractivity contribution in [3.8, 4) is 0 Å². The predicted octanol–water partition coefficient (Wildman–Crippen LogP) is 1.06. The van der Waals surface area contributed by atoms with E-state index in [1.54, 1.807) is 27.4 Å². The molecule has 8 heteroatoms. The number of anilines is 2. The molecule has 0 saturated carbocycles. The molecular weight excluding hydrogens is 330 g/mol. The van der Waals surface area contributed by atoms with E-state index in [9.17, 15) is 4.79 Å². The summed E-state index contributed by atoms with van der Waals surface area (Å²) in [6.07, 6.45) is 5.33. The molecule has 0 N–H and O–H groups in total. The van der Waals surface area contributed by atoms with Crippen molar-refractivity contribution in [1.29, 1.82) is 0 Å². The van der Waals surface area contributed by atoms with Gasteiger partial charge in [0.2, 0.25) is 0 Å². The fourth-order valence-corrected chi connectivity index (χ4v) is 3.34. The number of fused-ring (bicyclic) bond motifs is 2. The number of nitrogens with zero attached hydrogens (tertiary/aromatic N) is 7. The van der Waals surface area contributed by atoms with Crippen LogP contribution in [0, 0.1) is 0 Å². The van der Waals surface area contributed by atoms with Gasteiger partial charge in [-0.15, -0.1) is 5.10 Å². The van der Waals surface area contributed by atoms with Gasteiger partial charge in [0, 0.05) is 50.8 Å². The fourth-order valence-electron chi connectivity index (χ4n) is 3.34. The van der Waals surface area contributed by atoms with Crippen molar-refractivity contribution in [2.45, 2.75) is 0 Å². The molecule has 4 aromatic heterocycles. The molecule has 5 heterocycles. The molecule has 0 aliphatic carbocycles. The Morgan fingerprint density at radius 2 is 1.65 bits per heavy atom. The highest BCUT2D eigenvalue weighted by Crippen LogP contribution is 2.17. The second-order valence-corrected chi connectivity index (χ2v) is 6.28. The third-order valence-corrected chi connectivity index (χ3v) is 4.73. The standard InChI is InChI=1S/C18H17N7O/c26-18-13-17(20-15-3-1-2-7-24(15)18)23-11-9-22(10-12-23)16-5-4-14-19-6-8-25(14)21-16/h1-8,13H,9-12H2. The van der Waals surface area contributed by atoms with Crippen LogP contribution in [0.5, 0.6) is 0 Å². The molecule has 0 amide bonds. The van der Waals surface area contributed by atoms with Crippen molar-refractivity contribution in [1.82, 2.24) is 24.0 Å². The van der Waals surface area contributed by atoms with Crippen LogP contribution < -0.4 is 15.4 Å². The number of imidazole rings is 1. The summed E-state index contributed by atoms with van der Waals surface area (Å²) in [4.78, 5) is 25.5. The van der Waals surface area contributed by atoms with Gasteiger partial charge in [0.15, 0.2) is 5.65 Å². The Bertz CT molecular complexity index is 1140. The summed E-state index contributed by atoms with van der Waals surface area (Å²) >= 11 is 0. The number of piperazine rings is 1. The number of hydrogen-bond acceptors (Lipinski definition) is 6. The number of hydrogen-bond donors (Lipinski definition) is 0. The van der Waals surface area contributed by atoms with Gasteiger partial charge in [0.25, 0.3) is 5.56 Å². The van der Waals surface area contributed by atoms with Gasteiger partial charge in [-0.2, -0.15) is 0 Å². The number of rotatable bonds is 2. The first-order valence-electron chi connectivity index (χ1n) is 8.57. The second-order valence-electron chi connectivity index (χ2n) is 6.28. The minimum Gasteiger partial charge on any atom is -0.353 e. The topological polar surface area (TPSA) is 71.0 Å². The molecule has 1 fully saturated rings. The van der Waals surface area contributed by atoms with E-state index in [-0.39, 0.29) is 5.56 Å². The first-order valence-corrected chi connectivity index (χ1v) is 8.57. The molecule has 8 nitrogen and oxygen atoms in total. The smallest absolute Gasteiger partial charge is 0.259 e. The summed E-state index contributed by atoms with van der Waals surface area (Å²) in [6.45, 7) is 3.23. The number of aromatic nitrogens is 5. The molecule has 0 bridgehead atoms. The lowest BCUT2D eigenvalue weighted by atomic mass is 10.3. The maximum atomic E-state index is 12.3. The van der Waals surface area contributed by atoms with Crippen LogP contribution >= 0.6 is 0 Å². The third kappa shape index (κ3) is 2.46. The highest BCUT2D eigenvalue weighted by Gasteiger charge is 2.20. The van der Waals surface area contributed by atoms with Crippen LogP contribution in [0.15, 0.2) is 59.8 Å². The molecule has 1 aliphatic heterocycles. The van der Waals surface area contributed by atoms with Gasteiger partial charge in [-0.25, -0.2) is 14.5 Å². The number of pyridine rings is 1. The molecule has 4 aromatic rings. The van der Waals surface area contributed by atoms with E-state index in [0.29, 0.717) is 5.65 Å². The molecule has 0 radical (unpaired) electrons. The molecule has 0 spiro atoms. The summed E-state index contributed by atoms with van der Waals surface area (Å²) < 4.78 is 3.34. The summed E-state index contributed by atoms with van der Waals surface area (Å²) in [5.74, 6) is 1.67. The highest BCUT2D eigenvalue weighted by molar-refractivity contribution is 5.51. The molecule has 0 atom stereocenters. The monoisotopic (exact) mass is 347 g/mol. The third-order valence-electron chi connectivity index (χ3n) is 4.73. The SMILES string of the molecule is O=c1cc(N2CCN(c3ccc4nccn4n3)CC2)nc2ccccn12. The largest absolute Gasteiger partial charge is 0.353 e.